The number of aromatic nitrogens is 6. The summed E-state index contributed by atoms with van der Waals surface area (Å²) in [5.41, 5.74) is 14.9. The molecule has 0 atom stereocenters. The molecule has 0 saturated carbocycles. The highest BCUT2D eigenvalue weighted by Gasteiger charge is 2.37. The number of hydrogen-bond acceptors (Lipinski definition) is 11. The van der Waals surface area contributed by atoms with Gasteiger partial charge in [-0.3, -0.25) is 4.98 Å². The van der Waals surface area contributed by atoms with Crippen LogP contribution in [0, 0.1) is 104 Å². The lowest BCUT2D eigenvalue weighted by Gasteiger charge is -2.31. The molecule has 10 aromatic carbocycles. The van der Waals surface area contributed by atoms with Gasteiger partial charge in [0.15, 0.2) is 0 Å². The highest BCUT2D eigenvalue weighted by Crippen LogP contribution is 2.56. The van der Waals surface area contributed by atoms with Crippen molar-refractivity contribution >= 4 is 109 Å². The number of para-hydroxylation sites is 1. The van der Waals surface area contributed by atoms with Crippen molar-refractivity contribution in [2.75, 3.05) is 0 Å². The second kappa shape index (κ2) is 20.0. The van der Waals surface area contributed by atoms with E-state index in [0.29, 0.717) is 193 Å². The van der Waals surface area contributed by atoms with E-state index in [1.165, 1.54) is 11.3 Å². The normalized spacial score (nSPS) is 11.3. The van der Waals surface area contributed by atoms with Gasteiger partial charge in [0.2, 0.25) is 0 Å². The Kier molecular flexibility index (Phi) is 11.6. The summed E-state index contributed by atoms with van der Waals surface area (Å²) >= 11 is 1.49. The third-order valence-corrected chi connectivity index (χ3v) is 18.3. The second-order valence-electron chi connectivity index (χ2n) is 22.4. The number of thiazole rings is 1. The molecule has 0 saturated heterocycles. The summed E-state index contributed by atoms with van der Waals surface area (Å²) in [5.74, 6) is 0. The van der Waals surface area contributed by atoms with E-state index in [2.05, 4.69) is 79.0 Å². The lowest BCUT2D eigenvalue weighted by atomic mass is 9.92. The Morgan fingerprint density at radius 2 is 0.549 bits per heavy atom. The molecule has 0 fully saturated rings. The van der Waals surface area contributed by atoms with Crippen molar-refractivity contribution in [2.24, 2.45) is 0 Å². The van der Waals surface area contributed by atoms with Crippen molar-refractivity contribution in [1.82, 2.24) is 28.2 Å². The van der Waals surface area contributed by atoms with Crippen LogP contribution in [0.2, 0.25) is 0 Å². The zero-order valence-corrected chi connectivity index (χ0v) is 48.8. The molecule has 6 heterocycles. The molecule has 15 heteroatoms. The van der Waals surface area contributed by atoms with Gasteiger partial charge < -0.3 is 18.3 Å². The standard InChI is InChI=1S/C76H36N14S/c1-41-23-51(24-42(2)85-41)70-72(87-61-15-7-43(33-77)25-52(61)53-26-44(34-78)8-16-62(53)87)74(89-65-19-11-47(37-81)29-56(65)57-30-48(38-82)12-20-66(57)89)71(76-86-60-5-3-4-6-69(60)91-76)75(90-67-21-13-49(39-83)31-58(67)59-32-50(40-84)14-22-68(59)90)73(70)88-63-17-9-45(35-79)27-54(63)55-28-46(36-80)10-18-64(55)88/h3-32H,1-2H3. The van der Waals surface area contributed by atoms with Crippen LogP contribution >= 0.6 is 11.3 Å². The quantitative estimate of drug-likeness (QED) is 0.153. The van der Waals surface area contributed by atoms with E-state index in [1.54, 1.807) is 48.5 Å². The summed E-state index contributed by atoms with van der Waals surface area (Å²) in [7, 11) is 0. The number of fused-ring (bicyclic) bond motifs is 13. The molecule has 0 spiro atoms. The van der Waals surface area contributed by atoms with Gasteiger partial charge in [0.1, 0.15) is 5.01 Å². The fourth-order valence-electron chi connectivity index (χ4n) is 13.6. The number of hydrogen-bond donors (Lipinski definition) is 0. The molecule has 0 aliphatic heterocycles. The molecule has 0 aliphatic rings. The molecule has 0 N–H and O–H groups in total. The van der Waals surface area contributed by atoms with E-state index in [1.807, 2.05) is 135 Å². The van der Waals surface area contributed by atoms with Crippen molar-refractivity contribution in [2.45, 2.75) is 13.8 Å². The number of benzene rings is 10. The topological polar surface area (TPSA) is 236 Å². The Bertz CT molecular complexity index is 5760. The predicted molar refractivity (Wildman–Crippen MR) is 353 cm³/mol. The van der Waals surface area contributed by atoms with Crippen LogP contribution < -0.4 is 0 Å². The maximum Gasteiger partial charge on any atom is 0.129 e. The van der Waals surface area contributed by atoms with Gasteiger partial charge in [-0.2, -0.15) is 42.1 Å². The fourth-order valence-corrected chi connectivity index (χ4v) is 14.6. The summed E-state index contributed by atoms with van der Waals surface area (Å²) < 4.78 is 9.68. The molecule has 14 nitrogen and oxygen atoms in total. The van der Waals surface area contributed by atoms with Crippen LogP contribution in [0.4, 0.5) is 0 Å². The molecule has 91 heavy (non-hydrogen) atoms. The SMILES string of the molecule is Cc1cc(-c2c(-n3c4ccc(C#N)cc4c4cc(C#N)ccc43)c(-n3c4ccc(C#N)cc4c4cc(C#N)ccc43)c(-c3nc4ccccc4s3)c(-n3c4ccc(C#N)cc4c4cc(C#N)ccc43)c2-n2c3ccc(C#N)cc3c3cc(C#N)ccc32)cc(C)n1. The molecule has 0 unspecified atom stereocenters. The minimum absolute atomic E-state index is 0.396. The average molecular weight is 1180 g/mol. The predicted octanol–water partition coefficient (Wildman–Crippen LogP) is 17.0. The summed E-state index contributed by atoms with van der Waals surface area (Å²) in [4.78, 5) is 10.7. The van der Waals surface area contributed by atoms with Crippen LogP contribution in [-0.2, 0) is 0 Å². The molecular formula is C76H36N14S. The Morgan fingerprint density at radius 1 is 0.297 bits per heavy atom. The highest BCUT2D eigenvalue weighted by molar-refractivity contribution is 7.21. The summed E-state index contributed by atoms with van der Waals surface area (Å²) in [6, 6.07) is 75.6. The largest absolute Gasteiger partial charge is 0.306 e. The number of nitriles is 8. The second-order valence-corrected chi connectivity index (χ2v) is 23.4. The Morgan fingerprint density at radius 3 is 0.802 bits per heavy atom. The molecule has 16 rings (SSSR count). The molecular weight excluding hydrogens is 1140 g/mol. The number of pyridine rings is 1. The number of nitrogens with zero attached hydrogens (tertiary/aromatic N) is 14. The summed E-state index contributed by atoms with van der Waals surface area (Å²) in [5, 5.41) is 91.5. The van der Waals surface area contributed by atoms with Gasteiger partial charge in [0.25, 0.3) is 0 Å². The van der Waals surface area contributed by atoms with Crippen LogP contribution in [0.25, 0.3) is 142 Å². The Hall–Kier alpha value is -13.6. The smallest absolute Gasteiger partial charge is 0.129 e. The van der Waals surface area contributed by atoms with Gasteiger partial charge >= 0.3 is 0 Å². The van der Waals surface area contributed by atoms with E-state index >= 15 is 0 Å². The summed E-state index contributed by atoms with van der Waals surface area (Å²) in [6.07, 6.45) is 0. The molecule has 0 bridgehead atoms. The van der Waals surface area contributed by atoms with Crippen LogP contribution in [0.1, 0.15) is 55.9 Å². The van der Waals surface area contributed by atoms with Gasteiger partial charge in [0.05, 0.1) is 176 Å². The first-order valence-corrected chi connectivity index (χ1v) is 29.5. The number of rotatable bonds is 6. The molecule has 0 amide bonds. The molecule has 16 aromatic rings. The van der Waals surface area contributed by atoms with Crippen LogP contribution in [0.3, 0.4) is 0 Å². The minimum atomic E-state index is 0.396. The molecule has 0 aliphatic carbocycles. The first-order valence-electron chi connectivity index (χ1n) is 28.7. The third kappa shape index (κ3) is 7.75. The van der Waals surface area contributed by atoms with E-state index in [4.69, 9.17) is 9.97 Å². The van der Waals surface area contributed by atoms with E-state index in [0.717, 1.165) is 4.70 Å². The zero-order chi connectivity index (χ0) is 62.1. The van der Waals surface area contributed by atoms with Crippen molar-refractivity contribution in [3.05, 3.63) is 238 Å². The Balaban J connectivity index is 1.32. The monoisotopic (exact) mass is 1180 g/mol. The van der Waals surface area contributed by atoms with Crippen LogP contribution in [0.5, 0.6) is 0 Å². The zero-order valence-electron chi connectivity index (χ0n) is 48.0. The first kappa shape index (κ1) is 52.9. The third-order valence-electron chi connectivity index (χ3n) is 17.3. The summed E-state index contributed by atoms with van der Waals surface area (Å²) in [6.45, 7) is 3.90. The average Bonchev–Trinajstić information content (AvgIpc) is 1.62. The van der Waals surface area contributed by atoms with Crippen LogP contribution in [-0.4, -0.2) is 28.2 Å². The van der Waals surface area contributed by atoms with Crippen molar-refractivity contribution < 1.29 is 0 Å². The maximum absolute atomic E-state index is 10.7. The maximum atomic E-state index is 10.7. The van der Waals surface area contributed by atoms with Gasteiger partial charge in [-0.05, 0) is 189 Å². The van der Waals surface area contributed by atoms with E-state index in [9.17, 15) is 42.1 Å². The first-order chi connectivity index (χ1) is 44.5. The van der Waals surface area contributed by atoms with Crippen LogP contribution in [0.15, 0.2) is 182 Å². The number of aryl methyl sites for hydroxylation is 2. The highest BCUT2D eigenvalue weighted by atomic mass is 32.1. The van der Waals surface area contributed by atoms with E-state index < -0.39 is 0 Å². The van der Waals surface area contributed by atoms with Gasteiger partial charge in [-0.25, -0.2) is 4.98 Å². The molecule has 416 valence electrons. The lowest BCUT2D eigenvalue weighted by Crippen LogP contribution is -2.16. The van der Waals surface area contributed by atoms with Crippen molar-refractivity contribution in [3.63, 3.8) is 0 Å². The van der Waals surface area contributed by atoms with Crippen molar-refractivity contribution in [1.29, 1.82) is 42.1 Å². The molecule has 6 aromatic heterocycles. The van der Waals surface area contributed by atoms with E-state index in [-0.39, 0.29) is 0 Å². The minimum Gasteiger partial charge on any atom is -0.306 e. The van der Waals surface area contributed by atoms with Gasteiger partial charge in [0, 0.05) is 60.0 Å². The molecule has 0 radical (unpaired) electrons. The Labute approximate surface area is 520 Å². The lowest BCUT2D eigenvalue weighted by molar-refractivity contribution is 1.04. The van der Waals surface area contributed by atoms with Gasteiger partial charge in [-0.1, -0.05) is 12.1 Å². The van der Waals surface area contributed by atoms with Crippen molar-refractivity contribution in [3.8, 4) is 93.0 Å². The van der Waals surface area contributed by atoms with Gasteiger partial charge in [-0.15, -0.1) is 11.3 Å². The fraction of sp³-hybridized carbons (Fsp3) is 0.0263.